The fourth-order valence-electron chi connectivity index (χ4n) is 3.92. The standard InChI is InChI=1S/C27H26N6O2S/c1-4-33-26(30-31-27(33)36-16-24(34)29-25-15-22(17(2)3)32-35-25)20-14-23(18-10-6-5-7-11-18)28-21-13-9-8-12-19(20)21/h5-15,17H,4,16H2,1-3H3,(H,29,34). The average molecular weight is 499 g/mol. The van der Waals surface area contributed by atoms with Gasteiger partial charge in [-0.05, 0) is 25.0 Å². The van der Waals surface area contributed by atoms with Gasteiger partial charge in [-0.25, -0.2) is 4.98 Å². The van der Waals surface area contributed by atoms with E-state index in [0.29, 0.717) is 17.6 Å². The molecule has 0 aliphatic carbocycles. The first-order chi connectivity index (χ1) is 17.5. The number of fused-ring (bicyclic) bond motifs is 1. The van der Waals surface area contributed by atoms with Crippen LogP contribution in [0.3, 0.4) is 0 Å². The Morgan fingerprint density at radius 2 is 1.83 bits per heavy atom. The molecule has 9 heteroatoms. The molecule has 0 atom stereocenters. The number of pyridine rings is 1. The zero-order chi connectivity index (χ0) is 25.1. The van der Waals surface area contributed by atoms with E-state index in [-0.39, 0.29) is 17.6 Å². The van der Waals surface area contributed by atoms with Gasteiger partial charge < -0.3 is 9.09 Å². The van der Waals surface area contributed by atoms with Gasteiger partial charge in [0, 0.05) is 29.1 Å². The Kier molecular flexibility index (Phi) is 6.81. The number of carbonyl (C=O) groups is 1. The molecular formula is C27H26N6O2S. The monoisotopic (exact) mass is 498 g/mol. The summed E-state index contributed by atoms with van der Waals surface area (Å²) in [6.07, 6.45) is 0. The van der Waals surface area contributed by atoms with Gasteiger partial charge in [-0.15, -0.1) is 10.2 Å². The summed E-state index contributed by atoms with van der Waals surface area (Å²) in [6, 6.07) is 21.9. The van der Waals surface area contributed by atoms with E-state index in [0.717, 1.165) is 39.2 Å². The average Bonchev–Trinajstić information content (AvgIpc) is 3.54. The quantitative estimate of drug-likeness (QED) is 0.261. The lowest BCUT2D eigenvalue weighted by Gasteiger charge is -2.11. The highest BCUT2D eigenvalue weighted by molar-refractivity contribution is 7.99. The number of carbonyl (C=O) groups excluding carboxylic acids is 1. The first kappa shape index (κ1) is 23.7. The van der Waals surface area contributed by atoms with Gasteiger partial charge in [-0.3, -0.25) is 10.1 Å². The molecule has 0 unspecified atom stereocenters. The summed E-state index contributed by atoms with van der Waals surface area (Å²) in [5.74, 6) is 1.29. The molecule has 3 aromatic heterocycles. The molecule has 8 nitrogen and oxygen atoms in total. The van der Waals surface area contributed by atoms with Crippen LogP contribution in [0.15, 0.2) is 76.4 Å². The number of hydrogen-bond acceptors (Lipinski definition) is 7. The Morgan fingerprint density at radius 1 is 1.06 bits per heavy atom. The van der Waals surface area contributed by atoms with Crippen LogP contribution in [0, 0.1) is 0 Å². The Balaban J connectivity index is 1.42. The molecule has 0 fully saturated rings. The van der Waals surface area contributed by atoms with Crippen LogP contribution in [0.4, 0.5) is 5.88 Å². The van der Waals surface area contributed by atoms with E-state index in [9.17, 15) is 4.79 Å². The third kappa shape index (κ3) is 4.87. The van der Waals surface area contributed by atoms with Crippen LogP contribution in [0.1, 0.15) is 32.4 Å². The topological polar surface area (TPSA) is 98.7 Å². The molecule has 182 valence electrons. The van der Waals surface area contributed by atoms with E-state index in [1.165, 1.54) is 11.8 Å². The summed E-state index contributed by atoms with van der Waals surface area (Å²) in [4.78, 5) is 17.4. The maximum absolute atomic E-state index is 12.5. The van der Waals surface area contributed by atoms with Crippen molar-refractivity contribution in [2.75, 3.05) is 11.1 Å². The Morgan fingerprint density at radius 3 is 2.58 bits per heavy atom. The van der Waals surface area contributed by atoms with Crippen LogP contribution in [0.5, 0.6) is 0 Å². The van der Waals surface area contributed by atoms with Crippen LogP contribution in [0.25, 0.3) is 33.5 Å². The molecule has 5 rings (SSSR count). The molecule has 36 heavy (non-hydrogen) atoms. The fraction of sp³-hybridized carbons (Fsp3) is 0.222. The van der Waals surface area contributed by atoms with Crippen molar-refractivity contribution in [3.8, 4) is 22.6 Å². The van der Waals surface area contributed by atoms with Crippen molar-refractivity contribution in [3.63, 3.8) is 0 Å². The predicted molar refractivity (Wildman–Crippen MR) is 142 cm³/mol. The normalized spacial score (nSPS) is 11.3. The fourth-order valence-corrected chi connectivity index (χ4v) is 4.72. The number of hydrogen-bond donors (Lipinski definition) is 1. The van der Waals surface area contributed by atoms with Crippen molar-refractivity contribution in [1.29, 1.82) is 0 Å². The molecule has 3 heterocycles. The van der Waals surface area contributed by atoms with E-state index >= 15 is 0 Å². The van der Waals surface area contributed by atoms with E-state index in [2.05, 4.69) is 26.7 Å². The van der Waals surface area contributed by atoms with Crippen LogP contribution in [-0.4, -0.2) is 36.6 Å². The lowest BCUT2D eigenvalue weighted by atomic mass is 10.0. The Bertz CT molecular complexity index is 1510. The Hall–Kier alpha value is -3.98. The first-order valence-electron chi connectivity index (χ1n) is 11.8. The van der Waals surface area contributed by atoms with Crippen LogP contribution < -0.4 is 5.32 Å². The minimum absolute atomic E-state index is 0.169. The van der Waals surface area contributed by atoms with Gasteiger partial charge in [0.15, 0.2) is 11.0 Å². The van der Waals surface area contributed by atoms with Crippen molar-refractivity contribution in [3.05, 3.63) is 72.4 Å². The molecule has 0 spiro atoms. The second-order valence-corrected chi connectivity index (χ2v) is 9.54. The van der Waals surface area contributed by atoms with E-state index in [1.807, 2.05) is 79.9 Å². The van der Waals surface area contributed by atoms with Gasteiger partial charge in [0.1, 0.15) is 0 Å². The highest BCUT2D eigenvalue weighted by atomic mass is 32.2. The zero-order valence-electron chi connectivity index (χ0n) is 20.3. The molecule has 5 aromatic rings. The van der Waals surface area contributed by atoms with Gasteiger partial charge in [0.25, 0.3) is 0 Å². The smallest absolute Gasteiger partial charge is 0.237 e. The molecule has 0 aliphatic rings. The van der Waals surface area contributed by atoms with E-state index in [4.69, 9.17) is 9.51 Å². The number of thioether (sulfide) groups is 1. The van der Waals surface area contributed by atoms with Crippen LogP contribution >= 0.6 is 11.8 Å². The second kappa shape index (κ2) is 10.3. The lowest BCUT2D eigenvalue weighted by molar-refractivity contribution is -0.113. The van der Waals surface area contributed by atoms with Gasteiger partial charge in [-0.1, -0.05) is 79.3 Å². The van der Waals surface area contributed by atoms with Gasteiger partial charge >= 0.3 is 0 Å². The molecular weight excluding hydrogens is 472 g/mol. The van der Waals surface area contributed by atoms with Crippen molar-refractivity contribution < 1.29 is 9.32 Å². The number of aromatic nitrogens is 5. The molecule has 1 N–H and O–H groups in total. The van der Waals surface area contributed by atoms with Gasteiger partial charge in [-0.2, -0.15) is 0 Å². The van der Waals surface area contributed by atoms with Crippen LogP contribution in [0.2, 0.25) is 0 Å². The first-order valence-corrected chi connectivity index (χ1v) is 12.8. The maximum Gasteiger partial charge on any atom is 0.237 e. The number of anilines is 1. The summed E-state index contributed by atoms with van der Waals surface area (Å²) >= 11 is 1.33. The maximum atomic E-state index is 12.5. The number of rotatable bonds is 8. The van der Waals surface area contributed by atoms with Gasteiger partial charge in [0.2, 0.25) is 11.8 Å². The molecule has 2 aromatic carbocycles. The molecule has 0 aliphatic heterocycles. The van der Waals surface area contributed by atoms with Crippen molar-refractivity contribution in [2.24, 2.45) is 0 Å². The highest BCUT2D eigenvalue weighted by Crippen LogP contribution is 2.33. The highest BCUT2D eigenvalue weighted by Gasteiger charge is 2.19. The summed E-state index contributed by atoms with van der Waals surface area (Å²) < 4.78 is 7.24. The molecule has 1 amide bonds. The number of nitrogens with one attached hydrogen (secondary N) is 1. The summed E-state index contributed by atoms with van der Waals surface area (Å²) in [7, 11) is 0. The SMILES string of the molecule is CCn1c(SCC(=O)Nc2cc(C(C)C)no2)nnc1-c1cc(-c2ccccc2)nc2ccccc12. The minimum atomic E-state index is -0.195. The third-order valence-corrected chi connectivity index (χ3v) is 6.74. The Labute approximate surface area is 213 Å². The van der Waals surface area contributed by atoms with Crippen molar-refractivity contribution in [1.82, 2.24) is 24.9 Å². The molecule has 0 bridgehead atoms. The summed E-state index contributed by atoms with van der Waals surface area (Å²) in [5.41, 5.74) is 4.55. The minimum Gasteiger partial charge on any atom is -0.338 e. The number of para-hydroxylation sites is 1. The molecule has 0 saturated heterocycles. The number of nitrogens with zero attached hydrogens (tertiary/aromatic N) is 5. The van der Waals surface area contributed by atoms with Crippen molar-refractivity contribution >= 4 is 34.5 Å². The largest absolute Gasteiger partial charge is 0.338 e. The molecule has 0 radical (unpaired) electrons. The number of benzene rings is 2. The summed E-state index contributed by atoms with van der Waals surface area (Å²) in [6.45, 7) is 6.73. The van der Waals surface area contributed by atoms with E-state index < -0.39 is 0 Å². The molecule has 0 saturated carbocycles. The second-order valence-electron chi connectivity index (χ2n) is 8.60. The van der Waals surface area contributed by atoms with Crippen LogP contribution in [-0.2, 0) is 11.3 Å². The lowest BCUT2D eigenvalue weighted by Crippen LogP contribution is -2.14. The van der Waals surface area contributed by atoms with Gasteiger partial charge in [0.05, 0.1) is 22.7 Å². The number of amides is 1. The third-order valence-electron chi connectivity index (χ3n) is 5.77. The van der Waals surface area contributed by atoms with E-state index in [1.54, 1.807) is 6.07 Å². The van der Waals surface area contributed by atoms with Crippen molar-refractivity contribution in [2.45, 2.75) is 38.4 Å². The summed E-state index contributed by atoms with van der Waals surface area (Å²) in [5, 5.41) is 17.4. The zero-order valence-corrected chi connectivity index (χ0v) is 21.1. The predicted octanol–water partition coefficient (Wildman–Crippen LogP) is 6.02.